The van der Waals surface area contributed by atoms with Crippen LogP contribution in [0.3, 0.4) is 0 Å². The fourth-order valence-corrected chi connectivity index (χ4v) is 4.90. The number of anilines is 1. The van der Waals surface area contributed by atoms with Gasteiger partial charge >= 0.3 is 0 Å². The molecular weight excluding hydrogens is 428 g/mol. The average molecular weight is 463 g/mol. The predicted octanol–water partition coefficient (Wildman–Crippen LogP) is 3.02. The topological polar surface area (TPSA) is 73.0 Å². The van der Waals surface area contributed by atoms with Gasteiger partial charge in [-0.05, 0) is 30.5 Å². The first kappa shape index (κ1) is 23.8. The Hall–Kier alpha value is -3.35. The van der Waals surface area contributed by atoms with Gasteiger partial charge in [-0.25, -0.2) is 0 Å². The van der Waals surface area contributed by atoms with E-state index >= 15 is 0 Å². The predicted molar refractivity (Wildman–Crippen MR) is 132 cm³/mol. The van der Waals surface area contributed by atoms with Crippen LogP contribution in [0.25, 0.3) is 0 Å². The van der Waals surface area contributed by atoms with E-state index in [0.717, 1.165) is 11.3 Å². The van der Waals surface area contributed by atoms with E-state index in [1.54, 1.807) is 4.90 Å². The van der Waals surface area contributed by atoms with Gasteiger partial charge in [0.2, 0.25) is 11.8 Å². The number of hydrogen-bond donors (Lipinski definition) is 1. The highest BCUT2D eigenvalue weighted by Gasteiger charge is 2.54. The van der Waals surface area contributed by atoms with Gasteiger partial charge in [0.15, 0.2) is 0 Å². The van der Waals surface area contributed by atoms with E-state index in [0.29, 0.717) is 39.1 Å². The van der Waals surface area contributed by atoms with Crippen molar-refractivity contribution in [1.82, 2.24) is 15.1 Å². The number of para-hydroxylation sites is 1. The zero-order valence-corrected chi connectivity index (χ0v) is 20.3. The highest BCUT2D eigenvalue weighted by Crippen LogP contribution is 2.40. The molecule has 0 atom stereocenters. The van der Waals surface area contributed by atoms with Crippen LogP contribution in [0.2, 0.25) is 0 Å². The van der Waals surface area contributed by atoms with E-state index in [9.17, 15) is 14.4 Å². The van der Waals surface area contributed by atoms with Crippen LogP contribution in [0.1, 0.15) is 39.2 Å². The molecule has 0 saturated carbocycles. The maximum absolute atomic E-state index is 13.8. The number of hydrogen-bond acceptors (Lipinski definition) is 4. The summed E-state index contributed by atoms with van der Waals surface area (Å²) in [4.78, 5) is 44.9. The lowest BCUT2D eigenvalue weighted by Crippen LogP contribution is -2.58. The normalized spacial score (nSPS) is 17.9. The summed E-state index contributed by atoms with van der Waals surface area (Å²) in [5.74, 6) is -0.104. The van der Waals surface area contributed by atoms with Gasteiger partial charge in [-0.2, -0.15) is 0 Å². The number of carbonyl (C=O) groups is 3. The fraction of sp³-hybridized carbons (Fsp3) is 0.444. The molecule has 4 rings (SSSR count). The standard InChI is InChI=1S/C27H34N4O3/c1-26(2,3)24(33)29-16-14-27(15-17-29)25(34)30(20-31(27)22-12-8-5-9-13-22)19-23(32)28-18-21-10-6-4-7-11-21/h4-13H,14-20H2,1-3H3,(H,28,32). The summed E-state index contributed by atoms with van der Waals surface area (Å²) in [6, 6.07) is 19.6. The SMILES string of the molecule is CC(C)(C)C(=O)N1CCC2(CC1)C(=O)N(CC(=O)NCc1ccccc1)CN2c1ccccc1. The lowest BCUT2D eigenvalue weighted by atomic mass is 9.84. The third-order valence-electron chi connectivity index (χ3n) is 6.77. The molecule has 180 valence electrons. The molecule has 2 aromatic carbocycles. The Morgan fingerprint density at radius 1 is 0.941 bits per heavy atom. The van der Waals surface area contributed by atoms with Crippen molar-refractivity contribution in [1.29, 1.82) is 0 Å². The van der Waals surface area contributed by atoms with Gasteiger partial charge < -0.3 is 20.0 Å². The summed E-state index contributed by atoms with van der Waals surface area (Å²) >= 11 is 0. The molecule has 34 heavy (non-hydrogen) atoms. The molecule has 2 heterocycles. The number of likely N-dealkylation sites (tertiary alicyclic amines) is 1. The second-order valence-electron chi connectivity index (χ2n) is 10.2. The molecule has 0 aromatic heterocycles. The van der Waals surface area contributed by atoms with Crippen molar-refractivity contribution in [2.45, 2.75) is 45.7 Å². The third-order valence-corrected chi connectivity index (χ3v) is 6.77. The summed E-state index contributed by atoms with van der Waals surface area (Å²) in [6.07, 6.45) is 1.09. The van der Waals surface area contributed by atoms with Crippen LogP contribution in [-0.2, 0) is 20.9 Å². The van der Waals surface area contributed by atoms with Gasteiger partial charge in [-0.15, -0.1) is 0 Å². The molecule has 2 saturated heterocycles. The first-order chi connectivity index (χ1) is 16.2. The van der Waals surface area contributed by atoms with Crippen LogP contribution in [0.5, 0.6) is 0 Å². The molecule has 2 aliphatic rings. The molecule has 0 bridgehead atoms. The molecule has 3 amide bonds. The van der Waals surface area contributed by atoms with Crippen molar-refractivity contribution < 1.29 is 14.4 Å². The molecule has 0 radical (unpaired) electrons. The minimum atomic E-state index is -0.740. The Labute approximate surface area is 201 Å². The van der Waals surface area contributed by atoms with Gasteiger partial charge in [0, 0.05) is 30.7 Å². The fourth-order valence-electron chi connectivity index (χ4n) is 4.90. The maximum Gasteiger partial charge on any atom is 0.250 e. The number of nitrogens with one attached hydrogen (secondary N) is 1. The summed E-state index contributed by atoms with van der Waals surface area (Å²) in [6.45, 7) is 7.62. The van der Waals surface area contributed by atoms with Gasteiger partial charge in [0.25, 0.3) is 5.91 Å². The lowest BCUT2D eigenvalue weighted by Gasteiger charge is -2.44. The summed E-state index contributed by atoms with van der Waals surface area (Å²) in [7, 11) is 0. The lowest BCUT2D eigenvalue weighted by molar-refractivity contribution is -0.144. The Bertz CT molecular complexity index is 1020. The number of amides is 3. The van der Waals surface area contributed by atoms with Crippen molar-refractivity contribution in [3.8, 4) is 0 Å². The van der Waals surface area contributed by atoms with Gasteiger partial charge in [0.1, 0.15) is 12.1 Å². The van der Waals surface area contributed by atoms with Crippen molar-refractivity contribution in [3.05, 3.63) is 66.2 Å². The van der Waals surface area contributed by atoms with E-state index in [2.05, 4.69) is 10.2 Å². The monoisotopic (exact) mass is 462 g/mol. The second-order valence-corrected chi connectivity index (χ2v) is 10.2. The highest BCUT2D eigenvalue weighted by atomic mass is 16.2. The summed E-state index contributed by atoms with van der Waals surface area (Å²) < 4.78 is 0. The molecule has 7 nitrogen and oxygen atoms in total. The number of carbonyl (C=O) groups excluding carboxylic acids is 3. The molecule has 1 spiro atoms. The van der Waals surface area contributed by atoms with Gasteiger partial charge in [-0.1, -0.05) is 69.3 Å². The highest BCUT2D eigenvalue weighted by molar-refractivity contribution is 5.96. The minimum absolute atomic E-state index is 0.0153. The largest absolute Gasteiger partial charge is 0.350 e. The smallest absolute Gasteiger partial charge is 0.250 e. The number of nitrogens with zero attached hydrogens (tertiary/aromatic N) is 3. The van der Waals surface area contributed by atoms with Crippen LogP contribution < -0.4 is 10.2 Å². The van der Waals surface area contributed by atoms with Crippen molar-refractivity contribution in [3.63, 3.8) is 0 Å². The third kappa shape index (κ3) is 4.79. The Morgan fingerprint density at radius 2 is 1.53 bits per heavy atom. The van der Waals surface area contributed by atoms with Crippen LogP contribution in [0, 0.1) is 5.41 Å². The van der Waals surface area contributed by atoms with E-state index in [-0.39, 0.29) is 24.3 Å². The zero-order valence-electron chi connectivity index (χ0n) is 20.3. The van der Waals surface area contributed by atoms with E-state index < -0.39 is 11.0 Å². The van der Waals surface area contributed by atoms with Gasteiger partial charge in [-0.3, -0.25) is 14.4 Å². The van der Waals surface area contributed by atoms with Crippen molar-refractivity contribution in [2.75, 3.05) is 31.2 Å². The van der Waals surface area contributed by atoms with Crippen molar-refractivity contribution >= 4 is 23.4 Å². The number of piperidine rings is 1. The Balaban J connectivity index is 1.49. The molecule has 0 unspecified atom stereocenters. The number of benzene rings is 2. The molecule has 0 aliphatic carbocycles. The Morgan fingerprint density at radius 3 is 2.12 bits per heavy atom. The molecule has 2 aliphatic heterocycles. The van der Waals surface area contributed by atoms with Gasteiger partial charge in [0.05, 0.1) is 6.67 Å². The second kappa shape index (κ2) is 9.49. The molecule has 2 fully saturated rings. The van der Waals surface area contributed by atoms with Crippen LogP contribution >= 0.6 is 0 Å². The minimum Gasteiger partial charge on any atom is -0.350 e. The van der Waals surface area contributed by atoms with Crippen LogP contribution in [0.4, 0.5) is 5.69 Å². The number of rotatable bonds is 5. The quantitative estimate of drug-likeness (QED) is 0.742. The van der Waals surface area contributed by atoms with E-state index in [1.165, 1.54) is 0 Å². The van der Waals surface area contributed by atoms with Crippen molar-refractivity contribution in [2.24, 2.45) is 5.41 Å². The molecule has 2 aromatic rings. The van der Waals surface area contributed by atoms with E-state index in [1.807, 2.05) is 86.3 Å². The maximum atomic E-state index is 13.8. The summed E-state index contributed by atoms with van der Waals surface area (Å²) in [5.41, 5.74) is 0.780. The summed E-state index contributed by atoms with van der Waals surface area (Å²) in [5, 5.41) is 2.93. The average Bonchev–Trinajstić information content (AvgIpc) is 3.09. The first-order valence-corrected chi connectivity index (χ1v) is 11.9. The zero-order chi connectivity index (χ0) is 24.3. The van der Waals surface area contributed by atoms with E-state index in [4.69, 9.17) is 0 Å². The van der Waals surface area contributed by atoms with Crippen LogP contribution in [-0.4, -0.2) is 59.4 Å². The molecule has 7 heteroatoms. The first-order valence-electron chi connectivity index (χ1n) is 11.9. The molecular formula is C27H34N4O3. The Kier molecular flexibility index (Phi) is 6.64. The van der Waals surface area contributed by atoms with Crippen LogP contribution in [0.15, 0.2) is 60.7 Å². The molecule has 1 N–H and O–H groups in total.